The number of allylic oxidation sites excluding steroid dienone is 1. The van der Waals surface area contributed by atoms with Gasteiger partial charge in [0.25, 0.3) is 0 Å². The predicted octanol–water partition coefficient (Wildman–Crippen LogP) is 2.64. The lowest BCUT2D eigenvalue weighted by Gasteiger charge is -2.46. The van der Waals surface area contributed by atoms with Crippen molar-refractivity contribution in [2.45, 2.75) is 71.4 Å². The van der Waals surface area contributed by atoms with Crippen LogP contribution in [0.4, 0.5) is 0 Å². The summed E-state index contributed by atoms with van der Waals surface area (Å²) in [5.41, 5.74) is 0.396. The third-order valence-electron chi connectivity index (χ3n) is 4.85. The van der Waals surface area contributed by atoms with Crippen molar-refractivity contribution in [2.24, 2.45) is 5.92 Å². The second-order valence-electron chi connectivity index (χ2n) is 7.14. The second-order valence-corrected chi connectivity index (χ2v) is 7.14. The molecule has 2 fully saturated rings. The first kappa shape index (κ1) is 16.1. The SMILES string of the molecule is CC(C)=CCN1C(=O)C(C2CCCCC2)NC(=O)C1(C)C. The van der Waals surface area contributed by atoms with Gasteiger partial charge in [0.05, 0.1) is 0 Å². The van der Waals surface area contributed by atoms with Crippen LogP contribution in [0.25, 0.3) is 0 Å². The molecule has 1 heterocycles. The number of hydrogen-bond donors (Lipinski definition) is 1. The molecule has 1 aliphatic heterocycles. The molecule has 2 aliphatic rings. The van der Waals surface area contributed by atoms with Crippen LogP contribution in [0.2, 0.25) is 0 Å². The fourth-order valence-electron chi connectivity index (χ4n) is 3.32. The zero-order valence-electron chi connectivity index (χ0n) is 13.7. The van der Waals surface area contributed by atoms with Gasteiger partial charge < -0.3 is 10.2 Å². The van der Waals surface area contributed by atoms with Crippen molar-refractivity contribution >= 4 is 11.8 Å². The Hall–Kier alpha value is -1.32. The van der Waals surface area contributed by atoms with E-state index in [9.17, 15) is 9.59 Å². The van der Waals surface area contributed by atoms with E-state index in [4.69, 9.17) is 0 Å². The molecule has 1 saturated heterocycles. The Kier molecular flexibility index (Phi) is 4.74. The standard InChI is InChI=1S/C17H28N2O2/c1-12(2)10-11-19-15(20)14(13-8-6-5-7-9-13)18-16(21)17(19,3)4/h10,13-14H,5-9,11H2,1-4H3,(H,18,21). The van der Waals surface area contributed by atoms with E-state index in [0.29, 0.717) is 12.5 Å². The quantitative estimate of drug-likeness (QED) is 0.813. The summed E-state index contributed by atoms with van der Waals surface area (Å²) in [6, 6.07) is -0.323. The Balaban J connectivity index is 2.20. The molecule has 21 heavy (non-hydrogen) atoms. The van der Waals surface area contributed by atoms with Crippen LogP contribution in [0.3, 0.4) is 0 Å². The van der Waals surface area contributed by atoms with Crippen molar-refractivity contribution in [2.75, 3.05) is 6.54 Å². The molecule has 1 aliphatic carbocycles. The molecule has 2 rings (SSSR count). The lowest BCUT2D eigenvalue weighted by molar-refractivity contribution is -0.156. The molecular formula is C17H28N2O2. The molecule has 2 amide bonds. The van der Waals surface area contributed by atoms with Gasteiger partial charge in [-0.15, -0.1) is 0 Å². The number of nitrogens with one attached hydrogen (secondary N) is 1. The maximum atomic E-state index is 12.9. The summed E-state index contributed by atoms with van der Waals surface area (Å²) in [5, 5.41) is 2.99. The van der Waals surface area contributed by atoms with Gasteiger partial charge >= 0.3 is 0 Å². The number of hydrogen-bond acceptors (Lipinski definition) is 2. The number of carbonyl (C=O) groups is 2. The van der Waals surface area contributed by atoms with Crippen LogP contribution in [0.1, 0.15) is 59.8 Å². The topological polar surface area (TPSA) is 49.4 Å². The van der Waals surface area contributed by atoms with Gasteiger partial charge in [0.2, 0.25) is 11.8 Å². The zero-order chi connectivity index (χ0) is 15.6. The Morgan fingerprint density at radius 3 is 2.43 bits per heavy atom. The van der Waals surface area contributed by atoms with Crippen molar-refractivity contribution in [1.29, 1.82) is 0 Å². The smallest absolute Gasteiger partial charge is 0.246 e. The van der Waals surface area contributed by atoms with Gasteiger partial charge in [0.15, 0.2) is 0 Å². The minimum Gasteiger partial charge on any atom is -0.342 e. The van der Waals surface area contributed by atoms with E-state index >= 15 is 0 Å². The van der Waals surface area contributed by atoms with Crippen LogP contribution in [0.5, 0.6) is 0 Å². The molecule has 0 radical (unpaired) electrons. The summed E-state index contributed by atoms with van der Waals surface area (Å²) in [6.45, 7) is 8.21. The predicted molar refractivity (Wildman–Crippen MR) is 83.7 cm³/mol. The molecule has 4 nitrogen and oxygen atoms in total. The average molecular weight is 292 g/mol. The molecule has 118 valence electrons. The number of rotatable bonds is 3. The van der Waals surface area contributed by atoms with Crippen LogP contribution in [0.15, 0.2) is 11.6 Å². The highest BCUT2D eigenvalue weighted by molar-refractivity contribution is 5.99. The fraction of sp³-hybridized carbons (Fsp3) is 0.765. The van der Waals surface area contributed by atoms with Crippen LogP contribution in [-0.4, -0.2) is 34.8 Å². The van der Waals surface area contributed by atoms with Gasteiger partial charge in [-0.05, 0) is 46.5 Å². The Labute approximate surface area is 128 Å². The maximum Gasteiger partial charge on any atom is 0.246 e. The van der Waals surface area contributed by atoms with Gasteiger partial charge in [-0.25, -0.2) is 0 Å². The number of nitrogens with zero attached hydrogens (tertiary/aromatic N) is 1. The molecule has 0 aromatic carbocycles. The maximum absolute atomic E-state index is 12.9. The minimum atomic E-state index is -0.770. The van der Waals surface area contributed by atoms with Crippen molar-refractivity contribution in [3.05, 3.63) is 11.6 Å². The monoisotopic (exact) mass is 292 g/mol. The third-order valence-corrected chi connectivity index (χ3v) is 4.85. The molecule has 4 heteroatoms. The molecule has 0 aromatic heterocycles. The van der Waals surface area contributed by atoms with E-state index in [-0.39, 0.29) is 17.9 Å². The highest BCUT2D eigenvalue weighted by Gasteiger charge is 2.47. The lowest BCUT2D eigenvalue weighted by atomic mass is 9.81. The first-order valence-electron chi connectivity index (χ1n) is 8.10. The van der Waals surface area contributed by atoms with Crippen LogP contribution in [0, 0.1) is 5.92 Å². The minimum absolute atomic E-state index is 0.0279. The Morgan fingerprint density at radius 1 is 1.24 bits per heavy atom. The van der Waals surface area contributed by atoms with Crippen molar-refractivity contribution < 1.29 is 9.59 Å². The van der Waals surface area contributed by atoms with E-state index in [1.54, 1.807) is 4.90 Å². The highest BCUT2D eigenvalue weighted by Crippen LogP contribution is 2.31. The van der Waals surface area contributed by atoms with Gasteiger partial charge in [-0.3, -0.25) is 9.59 Å². The summed E-state index contributed by atoms with van der Waals surface area (Å²) >= 11 is 0. The third kappa shape index (κ3) is 3.30. The van der Waals surface area contributed by atoms with Gasteiger partial charge in [-0.2, -0.15) is 0 Å². The van der Waals surface area contributed by atoms with E-state index in [1.165, 1.54) is 24.8 Å². The Morgan fingerprint density at radius 2 is 1.86 bits per heavy atom. The molecule has 0 bridgehead atoms. The van der Waals surface area contributed by atoms with Gasteiger partial charge in [0, 0.05) is 6.54 Å². The fourth-order valence-corrected chi connectivity index (χ4v) is 3.32. The van der Waals surface area contributed by atoms with Crippen LogP contribution >= 0.6 is 0 Å². The van der Waals surface area contributed by atoms with E-state index in [2.05, 4.69) is 5.32 Å². The number of amides is 2. The molecule has 1 N–H and O–H groups in total. The molecular weight excluding hydrogens is 264 g/mol. The van der Waals surface area contributed by atoms with Crippen LogP contribution in [-0.2, 0) is 9.59 Å². The second kappa shape index (κ2) is 6.20. The van der Waals surface area contributed by atoms with Gasteiger partial charge in [0.1, 0.15) is 11.6 Å². The zero-order valence-corrected chi connectivity index (χ0v) is 13.7. The number of carbonyl (C=O) groups excluding carboxylic acids is 2. The lowest BCUT2D eigenvalue weighted by Crippen LogP contribution is -2.69. The molecule has 0 aromatic rings. The molecule has 1 atom stereocenters. The van der Waals surface area contributed by atoms with Crippen LogP contribution < -0.4 is 5.32 Å². The highest BCUT2D eigenvalue weighted by atomic mass is 16.2. The average Bonchev–Trinajstić information content (AvgIpc) is 2.43. The number of piperazine rings is 1. The summed E-state index contributed by atoms with van der Waals surface area (Å²) in [5.74, 6) is 0.365. The summed E-state index contributed by atoms with van der Waals surface area (Å²) < 4.78 is 0. The molecule has 1 saturated carbocycles. The first-order valence-corrected chi connectivity index (χ1v) is 8.10. The first-order chi connectivity index (χ1) is 9.84. The summed E-state index contributed by atoms with van der Waals surface area (Å²) in [4.78, 5) is 27.1. The van der Waals surface area contributed by atoms with Crippen molar-refractivity contribution in [3.8, 4) is 0 Å². The molecule has 0 spiro atoms. The largest absolute Gasteiger partial charge is 0.342 e. The Bertz CT molecular complexity index is 444. The van der Waals surface area contributed by atoms with E-state index < -0.39 is 5.54 Å². The van der Waals surface area contributed by atoms with E-state index in [0.717, 1.165) is 12.8 Å². The van der Waals surface area contributed by atoms with Crippen molar-refractivity contribution in [1.82, 2.24) is 10.2 Å². The van der Waals surface area contributed by atoms with Gasteiger partial charge in [-0.1, -0.05) is 30.9 Å². The summed E-state index contributed by atoms with van der Waals surface area (Å²) in [7, 11) is 0. The normalized spacial score (nSPS) is 26.5. The molecule has 1 unspecified atom stereocenters. The summed E-state index contributed by atoms with van der Waals surface area (Å²) in [6.07, 6.45) is 7.71. The van der Waals surface area contributed by atoms with E-state index in [1.807, 2.05) is 33.8 Å². The van der Waals surface area contributed by atoms with Crippen molar-refractivity contribution in [3.63, 3.8) is 0 Å².